The molecule has 1 aromatic rings. The molecule has 0 bridgehead atoms. The lowest BCUT2D eigenvalue weighted by molar-refractivity contribution is 0.473. The summed E-state index contributed by atoms with van der Waals surface area (Å²) in [6, 6.07) is 7.58. The van der Waals surface area contributed by atoms with Crippen molar-refractivity contribution in [3.63, 3.8) is 0 Å². The summed E-state index contributed by atoms with van der Waals surface area (Å²) in [5.41, 5.74) is 1.91. The summed E-state index contributed by atoms with van der Waals surface area (Å²) in [4.78, 5) is 0. The average Bonchev–Trinajstić information content (AvgIpc) is 2.41. The van der Waals surface area contributed by atoms with Crippen LogP contribution in [0.5, 0.6) is 0 Å². The van der Waals surface area contributed by atoms with E-state index in [2.05, 4.69) is 18.5 Å². The van der Waals surface area contributed by atoms with Gasteiger partial charge in [-0.05, 0) is 18.2 Å². The maximum Gasteiger partial charge on any atom is 0.218 e. The number of nitrogens with zero attached hydrogens (tertiary/aromatic N) is 1. The molecule has 0 aromatic heterocycles. The van der Waals surface area contributed by atoms with Crippen molar-refractivity contribution < 1.29 is 8.42 Å². The molecule has 5 heteroatoms. The summed E-state index contributed by atoms with van der Waals surface area (Å²) in [5.74, 6) is -0.00544. The van der Waals surface area contributed by atoms with Crippen LogP contribution in [0.3, 0.4) is 0 Å². The van der Waals surface area contributed by atoms with Gasteiger partial charge >= 0.3 is 0 Å². The molecule has 20 heavy (non-hydrogen) atoms. The maximum atomic E-state index is 12.3. The summed E-state index contributed by atoms with van der Waals surface area (Å²) in [5, 5.41) is 3.05. The molecule has 1 aromatic carbocycles. The summed E-state index contributed by atoms with van der Waals surface area (Å²) < 4.78 is 26.0. The molecule has 0 aliphatic heterocycles. The number of benzene rings is 1. The highest BCUT2D eigenvalue weighted by molar-refractivity contribution is 7.88. The van der Waals surface area contributed by atoms with Gasteiger partial charge in [-0.1, -0.05) is 36.4 Å². The number of rotatable bonds is 9. The van der Waals surface area contributed by atoms with E-state index in [0.717, 1.165) is 17.7 Å². The fourth-order valence-corrected chi connectivity index (χ4v) is 3.31. The van der Waals surface area contributed by atoms with Crippen LogP contribution in [-0.4, -0.2) is 32.9 Å². The highest BCUT2D eigenvalue weighted by atomic mass is 32.2. The van der Waals surface area contributed by atoms with Crippen LogP contribution in [0.4, 0.5) is 0 Å². The van der Waals surface area contributed by atoms with E-state index >= 15 is 0 Å². The second-order valence-electron chi connectivity index (χ2n) is 4.50. The van der Waals surface area contributed by atoms with Gasteiger partial charge in [-0.3, -0.25) is 0 Å². The Labute approximate surface area is 121 Å². The normalized spacial score (nSPS) is 11.5. The van der Waals surface area contributed by atoms with Gasteiger partial charge < -0.3 is 5.32 Å². The first-order valence-corrected chi connectivity index (χ1v) is 8.06. The van der Waals surface area contributed by atoms with E-state index in [-0.39, 0.29) is 5.75 Å². The Balaban J connectivity index is 2.82. The van der Waals surface area contributed by atoms with Crippen molar-refractivity contribution in [3.05, 3.63) is 60.7 Å². The monoisotopic (exact) mass is 294 g/mol. The number of sulfonamides is 1. The molecule has 1 rings (SSSR count). The number of hydrogen-bond acceptors (Lipinski definition) is 3. The van der Waals surface area contributed by atoms with Gasteiger partial charge in [-0.15, -0.1) is 13.2 Å². The molecular weight excluding hydrogens is 272 g/mol. The van der Waals surface area contributed by atoms with E-state index in [0.29, 0.717) is 13.1 Å². The van der Waals surface area contributed by atoms with Crippen molar-refractivity contribution in [2.75, 3.05) is 20.1 Å². The van der Waals surface area contributed by atoms with E-state index in [4.69, 9.17) is 0 Å². The average molecular weight is 294 g/mol. The summed E-state index contributed by atoms with van der Waals surface area (Å²) in [7, 11) is -1.47. The molecule has 0 atom stereocenters. The van der Waals surface area contributed by atoms with Crippen LogP contribution < -0.4 is 5.32 Å². The van der Waals surface area contributed by atoms with Gasteiger partial charge in [-0.25, -0.2) is 8.42 Å². The quantitative estimate of drug-likeness (QED) is 0.708. The molecule has 0 saturated carbocycles. The van der Waals surface area contributed by atoms with Crippen molar-refractivity contribution in [2.45, 2.75) is 12.3 Å². The predicted octanol–water partition coefficient (Wildman–Crippen LogP) is 1.91. The molecule has 0 spiro atoms. The zero-order valence-electron chi connectivity index (χ0n) is 11.9. The standard InChI is InChI=1S/C15H22N2O2S/c1-4-10-17(11-5-2)20(18,19)13-15-8-6-14(7-9-15)12-16-3/h4-9,16H,1-2,10-13H2,3H3. The molecule has 110 valence electrons. The molecule has 0 amide bonds. The lowest BCUT2D eigenvalue weighted by atomic mass is 10.1. The SMILES string of the molecule is C=CCN(CC=C)S(=O)(=O)Cc1ccc(CNC)cc1. The van der Waals surface area contributed by atoms with Crippen LogP contribution in [0.15, 0.2) is 49.6 Å². The Morgan fingerprint density at radius 3 is 2.05 bits per heavy atom. The fraction of sp³-hybridized carbons (Fsp3) is 0.333. The van der Waals surface area contributed by atoms with Gasteiger partial charge in [0.1, 0.15) is 0 Å². The molecule has 0 radical (unpaired) electrons. The molecule has 0 fully saturated rings. The second kappa shape index (κ2) is 7.99. The Bertz CT molecular complexity index is 525. The van der Waals surface area contributed by atoms with E-state index in [1.165, 1.54) is 4.31 Å². The first-order chi connectivity index (χ1) is 9.53. The number of hydrogen-bond donors (Lipinski definition) is 1. The smallest absolute Gasteiger partial charge is 0.218 e. The Morgan fingerprint density at radius 2 is 1.60 bits per heavy atom. The van der Waals surface area contributed by atoms with Crippen molar-refractivity contribution >= 4 is 10.0 Å². The molecule has 0 saturated heterocycles. The molecule has 0 unspecified atom stereocenters. The van der Waals surface area contributed by atoms with E-state index in [1.54, 1.807) is 12.2 Å². The van der Waals surface area contributed by atoms with Gasteiger partial charge in [0.25, 0.3) is 0 Å². The van der Waals surface area contributed by atoms with Gasteiger partial charge in [-0.2, -0.15) is 4.31 Å². The van der Waals surface area contributed by atoms with Gasteiger partial charge in [0.05, 0.1) is 5.75 Å². The van der Waals surface area contributed by atoms with Crippen LogP contribution in [0.2, 0.25) is 0 Å². The van der Waals surface area contributed by atoms with E-state index in [9.17, 15) is 8.42 Å². The number of nitrogens with one attached hydrogen (secondary N) is 1. The topological polar surface area (TPSA) is 49.4 Å². The second-order valence-corrected chi connectivity index (χ2v) is 6.47. The third-order valence-corrected chi connectivity index (χ3v) is 4.59. The van der Waals surface area contributed by atoms with Crippen LogP contribution in [0.1, 0.15) is 11.1 Å². The van der Waals surface area contributed by atoms with Crippen LogP contribution >= 0.6 is 0 Å². The molecule has 1 N–H and O–H groups in total. The molecule has 4 nitrogen and oxygen atoms in total. The molecule has 0 heterocycles. The van der Waals surface area contributed by atoms with Crippen molar-refractivity contribution in [3.8, 4) is 0 Å². The van der Waals surface area contributed by atoms with E-state index < -0.39 is 10.0 Å². The largest absolute Gasteiger partial charge is 0.316 e. The van der Waals surface area contributed by atoms with Crippen molar-refractivity contribution in [1.82, 2.24) is 9.62 Å². The van der Waals surface area contributed by atoms with Crippen LogP contribution in [-0.2, 0) is 22.3 Å². The highest BCUT2D eigenvalue weighted by Crippen LogP contribution is 2.12. The zero-order chi connectivity index (χ0) is 15.0. The molecule has 0 aliphatic carbocycles. The Morgan fingerprint density at radius 1 is 1.10 bits per heavy atom. The highest BCUT2D eigenvalue weighted by Gasteiger charge is 2.20. The van der Waals surface area contributed by atoms with Gasteiger partial charge in [0.15, 0.2) is 0 Å². The van der Waals surface area contributed by atoms with Crippen LogP contribution in [0.25, 0.3) is 0 Å². The minimum absolute atomic E-state index is 0.00544. The third kappa shape index (κ3) is 4.92. The minimum atomic E-state index is -3.35. The van der Waals surface area contributed by atoms with Crippen LogP contribution in [0, 0.1) is 0 Å². The van der Waals surface area contributed by atoms with E-state index in [1.807, 2.05) is 31.3 Å². The summed E-state index contributed by atoms with van der Waals surface area (Å²) in [6.45, 7) is 8.54. The lowest BCUT2D eigenvalue weighted by Gasteiger charge is -2.19. The summed E-state index contributed by atoms with van der Waals surface area (Å²) in [6.07, 6.45) is 3.16. The lowest BCUT2D eigenvalue weighted by Crippen LogP contribution is -2.32. The Kier molecular flexibility index (Phi) is 6.64. The van der Waals surface area contributed by atoms with Gasteiger partial charge in [0, 0.05) is 19.6 Å². The molecular formula is C15H22N2O2S. The van der Waals surface area contributed by atoms with Crippen molar-refractivity contribution in [2.24, 2.45) is 0 Å². The van der Waals surface area contributed by atoms with Crippen molar-refractivity contribution in [1.29, 1.82) is 0 Å². The zero-order valence-corrected chi connectivity index (χ0v) is 12.7. The third-order valence-electron chi connectivity index (χ3n) is 2.81. The minimum Gasteiger partial charge on any atom is -0.316 e. The molecule has 0 aliphatic rings. The fourth-order valence-electron chi connectivity index (χ4n) is 1.85. The first kappa shape index (κ1) is 16.6. The first-order valence-electron chi connectivity index (χ1n) is 6.45. The predicted molar refractivity (Wildman–Crippen MR) is 83.8 cm³/mol. The maximum absolute atomic E-state index is 12.3. The van der Waals surface area contributed by atoms with Gasteiger partial charge in [0.2, 0.25) is 10.0 Å². The Hall–Kier alpha value is -1.43. The summed E-state index contributed by atoms with van der Waals surface area (Å²) >= 11 is 0.